The van der Waals surface area contributed by atoms with Gasteiger partial charge in [-0.15, -0.1) is 0 Å². The lowest BCUT2D eigenvalue weighted by atomic mass is 9.99. The number of carboxylic acid groups (broad SMARTS) is 1. The molecule has 0 saturated heterocycles. The summed E-state index contributed by atoms with van der Waals surface area (Å²) in [6, 6.07) is 18.5. The first-order chi connectivity index (χ1) is 16.9. The largest absolute Gasteiger partial charge is 0.497 e. The Morgan fingerprint density at radius 2 is 1.74 bits per heavy atom. The Bertz CT molecular complexity index is 1470. The number of carboxylic acids is 1. The summed E-state index contributed by atoms with van der Waals surface area (Å²) >= 11 is 0. The first-order valence-corrected chi connectivity index (χ1v) is 11.3. The van der Waals surface area contributed by atoms with E-state index in [-0.39, 0.29) is 18.0 Å². The highest BCUT2D eigenvalue weighted by atomic mass is 16.5. The van der Waals surface area contributed by atoms with Gasteiger partial charge >= 0.3 is 5.97 Å². The number of hydrogen-bond acceptors (Lipinski definition) is 5. The maximum Gasteiger partial charge on any atom is 0.307 e. The highest BCUT2D eigenvalue weighted by Gasteiger charge is 2.33. The topological polar surface area (TPSA) is 86.0 Å². The van der Waals surface area contributed by atoms with Crippen molar-refractivity contribution in [1.29, 1.82) is 0 Å². The number of rotatable bonds is 6. The van der Waals surface area contributed by atoms with E-state index in [0.717, 1.165) is 5.56 Å². The summed E-state index contributed by atoms with van der Waals surface area (Å²) in [6.45, 7) is 4.25. The van der Waals surface area contributed by atoms with Gasteiger partial charge in [-0.1, -0.05) is 38.1 Å². The molecule has 6 heteroatoms. The number of carbonyl (C=O) groups is 2. The van der Waals surface area contributed by atoms with Crippen LogP contribution in [0.5, 0.6) is 11.5 Å². The zero-order valence-corrected chi connectivity index (χ0v) is 19.6. The van der Waals surface area contributed by atoms with Crippen LogP contribution in [0.1, 0.15) is 46.8 Å². The van der Waals surface area contributed by atoms with Gasteiger partial charge in [0.2, 0.25) is 5.78 Å². The van der Waals surface area contributed by atoms with Gasteiger partial charge in [-0.3, -0.25) is 9.59 Å². The van der Waals surface area contributed by atoms with E-state index in [2.05, 4.69) is 13.8 Å². The molecular formula is C29H24O6. The van der Waals surface area contributed by atoms with Gasteiger partial charge in [-0.2, -0.15) is 0 Å². The number of aliphatic carboxylic acids is 1. The SMILES string of the molecule is COc1ccc(-c2oc3ccc4c(c3c2CC(=O)O)O/C(=C\c2ccc(C(C)C)cc2)C4=O)cc1. The number of ether oxygens (including phenoxy) is 2. The third-order valence-electron chi connectivity index (χ3n) is 6.17. The Morgan fingerprint density at radius 3 is 2.37 bits per heavy atom. The number of hydrogen-bond donors (Lipinski definition) is 1. The van der Waals surface area contributed by atoms with Crippen molar-refractivity contribution in [2.75, 3.05) is 7.11 Å². The molecule has 0 bridgehead atoms. The van der Waals surface area contributed by atoms with Crippen LogP contribution in [0.3, 0.4) is 0 Å². The second kappa shape index (κ2) is 8.80. The second-order valence-corrected chi connectivity index (χ2v) is 8.79. The van der Waals surface area contributed by atoms with E-state index in [1.54, 1.807) is 49.6 Å². The molecule has 0 saturated carbocycles. The molecule has 2 heterocycles. The average molecular weight is 469 g/mol. The van der Waals surface area contributed by atoms with E-state index in [4.69, 9.17) is 13.9 Å². The molecule has 176 valence electrons. The van der Waals surface area contributed by atoms with Gasteiger partial charge in [0.25, 0.3) is 0 Å². The predicted octanol–water partition coefficient (Wildman–Crippen LogP) is 6.48. The zero-order chi connectivity index (χ0) is 24.7. The fourth-order valence-corrected chi connectivity index (χ4v) is 4.31. The van der Waals surface area contributed by atoms with Gasteiger partial charge in [0.1, 0.15) is 22.8 Å². The van der Waals surface area contributed by atoms with Gasteiger partial charge in [-0.25, -0.2) is 0 Å². The standard InChI is InChI=1S/C29H24O6/c1-16(2)18-6-4-17(5-7-18)14-24-27(32)21-12-13-23-26(29(21)35-24)22(15-25(30)31)28(34-23)19-8-10-20(33-3)11-9-19/h4-14,16H,15H2,1-3H3,(H,30,31)/b24-14-. The first-order valence-electron chi connectivity index (χ1n) is 11.3. The third kappa shape index (κ3) is 4.08. The number of furan rings is 1. The minimum absolute atomic E-state index is 0.193. The maximum absolute atomic E-state index is 13.1. The summed E-state index contributed by atoms with van der Waals surface area (Å²) in [5.41, 5.74) is 4.07. The number of ketones is 1. The lowest BCUT2D eigenvalue weighted by molar-refractivity contribution is -0.136. The third-order valence-corrected chi connectivity index (χ3v) is 6.17. The zero-order valence-electron chi connectivity index (χ0n) is 19.6. The van der Waals surface area contributed by atoms with Crippen LogP contribution in [0.2, 0.25) is 0 Å². The van der Waals surface area contributed by atoms with Crippen molar-refractivity contribution in [1.82, 2.24) is 0 Å². The van der Waals surface area contributed by atoms with Crippen molar-refractivity contribution in [2.24, 2.45) is 0 Å². The van der Waals surface area contributed by atoms with Gasteiger partial charge < -0.3 is 19.0 Å². The quantitative estimate of drug-likeness (QED) is 0.326. The van der Waals surface area contributed by atoms with E-state index in [1.165, 1.54) is 5.56 Å². The van der Waals surface area contributed by atoms with Crippen molar-refractivity contribution in [3.63, 3.8) is 0 Å². The molecule has 5 rings (SSSR count). The lowest BCUT2D eigenvalue weighted by Crippen LogP contribution is -2.01. The minimum atomic E-state index is -1.01. The highest BCUT2D eigenvalue weighted by Crippen LogP contribution is 2.45. The molecule has 0 radical (unpaired) electrons. The number of allylic oxidation sites excluding steroid dienone is 1. The molecule has 1 aliphatic rings. The first kappa shape index (κ1) is 22.5. The van der Waals surface area contributed by atoms with Crippen LogP contribution < -0.4 is 9.47 Å². The molecule has 0 unspecified atom stereocenters. The molecule has 1 aliphatic heterocycles. The monoisotopic (exact) mass is 468 g/mol. The smallest absolute Gasteiger partial charge is 0.307 e. The van der Waals surface area contributed by atoms with Gasteiger partial charge in [0.05, 0.1) is 24.5 Å². The fourth-order valence-electron chi connectivity index (χ4n) is 4.31. The highest BCUT2D eigenvalue weighted by molar-refractivity contribution is 6.18. The molecule has 4 aromatic rings. The summed E-state index contributed by atoms with van der Waals surface area (Å²) in [7, 11) is 1.58. The second-order valence-electron chi connectivity index (χ2n) is 8.79. The molecular weight excluding hydrogens is 444 g/mol. The summed E-state index contributed by atoms with van der Waals surface area (Å²) < 4.78 is 17.4. The Kier molecular flexibility index (Phi) is 5.65. The van der Waals surface area contributed by atoms with Gasteiger partial charge in [-0.05, 0) is 59.5 Å². The molecule has 3 aromatic carbocycles. The minimum Gasteiger partial charge on any atom is -0.497 e. The normalized spacial score (nSPS) is 13.9. The van der Waals surface area contributed by atoms with Gasteiger partial charge in [0.15, 0.2) is 5.76 Å². The van der Waals surface area contributed by atoms with Crippen LogP contribution in [-0.2, 0) is 11.2 Å². The predicted molar refractivity (Wildman–Crippen MR) is 133 cm³/mol. The number of fused-ring (bicyclic) bond motifs is 3. The molecule has 0 atom stereocenters. The Labute approximate surface area is 202 Å². The van der Waals surface area contributed by atoms with E-state index >= 15 is 0 Å². The van der Waals surface area contributed by atoms with Crippen molar-refractivity contribution in [3.05, 3.63) is 88.7 Å². The van der Waals surface area contributed by atoms with E-state index < -0.39 is 5.97 Å². The molecule has 0 aliphatic carbocycles. The molecule has 0 spiro atoms. The molecule has 6 nitrogen and oxygen atoms in total. The molecule has 1 N–H and O–H groups in total. The number of methoxy groups -OCH3 is 1. The Balaban J connectivity index is 1.61. The van der Waals surface area contributed by atoms with Crippen LogP contribution in [-0.4, -0.2) is 24.0 Å². The van der Waals surface area contributed by atoms with Crippen LogP contribution in [0.4, 0.5) is 0 Å². The van der Waals surface area contributed by atoms with Crippen molar-refractivity contribution in [3.8, 4) is 22.8 Å². The molecule has 0 fully saturated rings. The van der Waals surface area contributed by atoms with Crippen molar-refractivity contribution >= 4 is 28.8 Å². The summed E-state index contributed by atoms with van der Waals surface area (Å²) in [6.07, 6.45) is 1.43. The summed E-state index contributed by atoms with van der Waals surface area (Å²) in [5.74, 6) is 0.781. The fraction of sp³-hybridized carbons (Fsp3) is 0.172. The van der Waals surface area contributed by atoms with Crippen LogP contribution in [0.15, 0.2) is 70.8 Å². The Hall–Kier alpha value is -4.32. The molecule has 0 amide bonds. The van der Waals surface area contributed by atoms with E-state index in [0.29, 0.717) is 50.8 Å². The maximum atomic E-state index is 13.1. The van der Waals surface area contributed by atoms with Crippen LogP contribution in [0, 0.1) is 0 Å². The van der Waals surface area contributed by atoms with Crippen molar-refractivity contribution in [2.45, 2.75) is 26.2 Å². The summed E-state index contributed by atoms with van der Waals surface area (Å²) in [5, 5.41) is 10.1. The number of benzene rings is 3. The van der Waals surface area contributed by atoms with Crippen molar-refractivity contribution < 1.29 is 28.6 Å². The molecule has 1 aromatic heterocycles. The van der Waals surface area contributed by atoms with Crippen LogP contribution in [0.25, 0.3) is 28.4 Å². The average Bonchev–Trinajstić information content (AvgIpc) is 3.36. The number of Topliss-reactive ketones (excluding diaryl/α,β-unsaturated/α-hetero) is 1. The number of carbonyl (C=O) groups excluding carboxylic acids is 1. The Morgan fingerprint density at radius 1 is 1.03 bits per heavy atom. The van der Waals surface area contributed by atoms with E-state index in [9.17, 15) is 14.7 Å². The van der Waals surface area contributed by atoms with Gasteiger partial charge in [0, 0.05) is 11.1 Å². The molecule has 35 heavy (non-hydrogen) atoms. The summed E-state index contributed by atoms with van der Waals surface area (Å²) in [4.78, 5) is 24.9. The van der Waals surface area contributed by atoms with E-state index in [1.807, 2.05) is 24.3 Å². The lowest BCUT2D eigenvalue weighted by Gasteiger charge is -2.06. The van der Waals surface area contributed by atoms with Crippen LogP contribution >= 0.6 is 0 Å².